The molecule has 1 N–H and O–H groups in total. The van der Waals surface area contributed by atoms with Crippen LogP contribution in [0, 0.1) is 0 Å². The Morgan fingerprint density at radius 3 is 2.94 bits per heavy atom. The number of hydrogen-bond donors (Lipinski definition) is 1. The van der Waals surface area contributed by atoms with E-state index in [0.29, 0.717) is 16.3 Å². The first-order chi connectivity index (χ1) is 7.71. The van der Waals surface area contributed by atoms with Gasteiger partial charge in [-0.05, 0) is 30.0 Å². The van der Waals surface area contributed by atoms with Gasteiger partial charge in [-0.1, -0.05) is 18.2 Å². The minimum absolute atomic E-state index is 0.0452. The van der Waals surface area contributed by atoms with Crippen molar-refractivity contribution in [2.75, 3.05) is 6.54 Å². The molecule has 0 saturated heterocycles. The highest BCUT2D eigenvalue weighted by Gasteiger charge is 2.39. The zero-order chi connectivity index (χ0) is 11.2. The van der Waals surface area contributed by atoms with Crippen LogP contribution in [0.5, 0.6) is 0 Å². The quantitative estimate of drug-likeness (QED) is 0.739. The summed E-state index contributed by atoms with van der Waals surface area (Å²) < 4.78 is 24.5. The second-order valence-corrected chi connectivity index (χ2v) is 5.85. The molecule has 16 heavy (non-hydrogen) atoms. The van der Waals surface area contributed by atoms with E-state index in [1.165, 1.54) is 0 Å². The number of allylic oxidation sites excluding steroid dienone is 2. The van der Waals surface area contributed by atoms with Crippen molar-refractivity contribution >= 4 is 9.84 Å². The lowest BCUT2D eigenvalue weighted by molar-refractivity contribution is 0.603. The van der Waals surface area contributed by atoms with Gasteiger partial charge in [0, 0.05) is 12.5 Å². The smallest absolute Gasteiger partial charge is 0.203 e. The Morgan fingerprint density at radius 2 is 2.06 bits per heavy atom. The normalized spacial score (nSPS) is 25.0. The van der Waals surface area contributed by atoms with Crippen LogP contribution in [0.4, 0.5) is 0 Å². The average molecular weight is 233 g/mol. The highest BCUT2D eigenvalue weighted by molar-refractivity contribution is 7.95. The van der Waals surface area contributed by atoms with Gasteiger partial charge in [0.05, 0.1) is 9.80 Å². The van der Waals surface area contributed by atoms with Gasteiger partial charge >= 0.3 is 0 Å². The Balaban J connectivity index is 2.31. The summed E-state index contributed by atoms with van der Waals surface area (Å²) in [5, 5.41) is 3.10. The average Bonchev–Trinajstić information content (AvgIpc) is 2.50. The first-order valence-corrected chi connectivity index (χ1v) is 6.64. The molecule has 82 valence electrons. The van der Waals surface area contributed by atoms with Crippen LogP contribution in [0.2, 0.25) is 0 Å². The molecule has 0 aliphatic carbocycles. The molecule has 0 unspecified atom stereocenters. The summed E-state index contributed by atoms with van der Waals surface area (Å²) in [6, 6.07) is 7.23. The molecule has 0 amide bonds. The molecule has 0 radical (unpaired) electrons. The maximum absolute atomic E-state index is 12.2. The molecule has 3 rings (SSSR count). The van der Waals surface area contributed by atoms with Gasteiger partial charge in [-0.2, -0.15) is 0 Å². The molecule has 1 atom stereocenters. The van der Waals surface area contributed by atoms with Crippen molar-refractivity contribution in [2.45, 2.75) is 10.8 Å². The molecule has 2 aliphatic heterocycles. The van der Waals surface area contributed by atoms with Crippen LogP contribution in [0.1, 0.15) is 11.5 Å². The third kappa shape index (κ3) is 1.16. The first kappa shape index (κ1) is 9.66. The Kier molecular flexibility index (Phi) is 1.94. The largest absolute Gasteiger partial charge is 0.390 e. The summed E-state index contributed by atoms with van der Waals surface area (Å²) in [7, 11) is -3.26. The maximum atomic E-state index is 12.2. The van der Waals surface area contributed by atoms with Gasteiger partial charge < -0.3 is 5.32 Å². The Bertz CT molecular complexity index is 599. The number of hydrogen-bond acceptors (Lipinski definition) is 3. The predicted molar refractivity (Wildman–Crippen MR) is 61.6 cm³/mol. The molecular weight excluding hydrogens is 222 g/mol. The zero-order valence-electron chi connectivity index (χ0n) is 8.55. The van der Waals surface area contributed by atoms with Gasteiger partial charge in [0.15, 0.2) is 0 Å². The van der Waals surface area contributed by atoms with Crippen molar-refractivity contribution in [2.24, 2.45) is 0 Å². The van der Waals surface area contributed by atoms with E-state index >= 15 is 0 Å². The van der Waals surface area contributed by atoms with Crippen LogP contribution < -0.4 is 5.32 Å². The van der Waals surface area contributed by atoms with Crippen LogP contribution in [-0.2, 0) is 9.84 Å². The summed E-state index contributed by atoms with van der Waals surface area (Å²) in [5.74, 6) is -0.0452. The van der Waals surface area contributed by atoms with Gasteiger partial charge in [-0.3, -0.25) is 0 Å². The number of benzene rings is 1. The summed E-state index contributed by atoms with van der Waals surface area (Å²) in [6.07, 6.45) is 5.22. The summed E-state index contributed by atoms with van der Waals surface area (Å²) in [4.78, 5) is 0.971. The van der Waals surface area contributed by atoms with Gasteiger partial charge in [-0.25, -0.2) is 8.42 Å². The standard InChI is InChI=1S/C12H11NO2S/c14-16(15)11-5-2-1-4-9(11)10-8-13-7-3-6-12(10)16/h1-7,10,13H,8H2/t10-/m0/s1. The molecule has 0 saturated carbocycles. The second kappa shape index (κ2) is 3.22. The predicted octanol–water partition coefficient (Wildman–Crippen LogP) is 1.56. The third-order valence-electron chi connectivity index (χ3n) is 3.03. The lowest BCUT2D eigenvalue weighted by Gasteiger charge is -2.09. The summed E-state index contributed by atoms with van der Waals surface area (Å²) in [6.45, 7) is 0.637. The van der Waals surface area contributed by atoms with Crippen LogP contribution >= 0.6 is 0 Å². The SMILES string of the molecule is O=S1(=O)C2=CC=CNC[C@H]2c2ccccc21. The van der Waals surface area contributed by atoms with Crippen LogP contribution in [0.3, 0.4) is 0 Å². The van der Waals surface area contributed by atoms with Crippen molar-refractivity contribution in [3.05, 3.63) is 53.1 Å². The van der Waals surface area contributed by atoms with Crippen LogP contribution in [0.25, 0.3) is 0 Å². The van der Waals surface area contributed by atoms with E-state index in [9.17, 15) is 8.42 Å². The van der Waals surface area contributed by atoms with Crippen molar-refractivity contribution in [3.63, 3.8) is 0 Å². The number of nitrogens with one attached hydrogen (secondary N) is 1. The van der Waals surface area contributed by atoms with Crippen molar-refractivity contribution in [1.82, 2.24) is 5.32 Å². The summed E-state index contributed by atoms with van der Waals surface area (Å²) >= 11 is 0. The minimum Gasteiger partial charge on any atom is -0.390 e. The molecule has 0 spiro atoms. The van der Waals surface area contributed by atoms with E-state index in [-0.39, 0.29) is 5.92 Å². The molecule has 4 heteroatoms. The fraction of sp³-hybridized carbons (Fsp3) is 0.167. The molecular formula is C12H11NO2S. The molecule has 0 aromatic heterocycles. The van der Waals surface area contributed by atoms with Gasteiger partial charge in [0.25, 0.3) is 0 Å². The fourth-order valence-corrected chi connectivity index (χ4v) is 4.17. The highest BCUT2D eigenvalue weighted by Crippen LogP contribution is 2.43. The topological polar surface area (TPSA) is 46.2 Å². The van der Waals surface area contributed by atoms with Gasteiger partial charge in [0.1, 0.15) is 0 Å². The van der Waals surface area contributed by atoms with Crippen molar-refractivity contribution < 1.29 is 8.42 Å². The highest BCUT2D eigenvalue weighted by atomic mass is 32.2. The van der Waals surface area contributed by atoms with E-state index in [2.05, 4.69) is 5.32 Å². The van der Waals surface area contributed by atoms with E-state index in [4.69, 9.17) is 0 Å². The maximum Gasteiger partial charge on any atom is 0.203 e. The Morgan fingerprint density at radius 1 is 1.25 bits per heavy atom. The van der Waals surface area contributed by atoms with Crippen LogP contribution in [-0.4, -0.2) is 15.0 Å². The van der Waals surface area contributed by atoms with E-state index < -0.39 is 9.84 Å². The lowest BCUT2D eigenvalue weighted by Crippen LogP contribution is -2.15. The van der Waals surface area contributed by atoms with Gasteiger partial charge in [-0.15, -0.1) is 0 Å². The molecule has 1 aromatic carbocycles. The van der Waals surface area contributed by atoms with Crippen molar-refractivity contribution in [1.29, 1.82) is 0 Å². The fourth-order valence-electron chi connectivity index (χ4n) is 2.29. The number of rotatable bonds is 0. The van der Waals surface area contributed by atoms with E-state index in [1.54, 1.807) is 30.5 Å². The van der Waals surface area contributed by atoms with E-state index in [1.807, 2.05) is 12.1 Å². The number of sulfone groups is 1. The Labute approximate surface area is 94.4 Å². The zero-order valence-corrected chi connectivity index (χ0v) is 9.37. The molecule has 0 bridgehead atoms. The lowest BCUT2D eigenvalue weighted by atomic mass is 9.99. The number of fused-ring (bicyclic) bond motifs is 3. The first-order valence-electron chi connectivity index (χ1n) is 5.15. The molecule has 2 heterocycles. The molecule has 0 fully saturated rings. The second-order valence-electron chi connectivity index (χ2n) is 3.93. The van der Waals surface area contributed by atoms with Crippen LogP contribution in [0.15, 0.2) is 52.4 Å². The van der Waals surface area contributed by atoms with Gasteiger partial charge in [0.2, 0.25) is 9.84 Å². The molecule has 2 aliphatic rings. The third-order valence-corrected chi connectivity index (χ3v) is 5.03. The summed E-state index contributed by atoms with van der Waals surface area (Å²) in [5.41, 5.74) is 0.907. The Hall–Kier alpha value is -1.55. The molecule has 3 nitrogen and oxygen atoms in total. The minimum atomic E-state index is -3.26. The molecule has 1 aromatic rings. The van der Waals surface area contributed by atoms with Crippen molar-refractivity contribution in [3.8, 4) is 0 Å². The monoisotopic (exact) mass is 233 g/mol. The van der Waals surface area contributed by atoms with E-state index in [0.717, 1.165) is 5.56 Å².